The highest BCUT2D eigenvalue weighted by molar-refractivity contribution is 6.39. The molecule has 4 rings (SSSR count). The number of hydrogen-bond donors (Lipinski definition) is 2. The van der Waals surface area contributed by atoms with Crippen LogP contribution < -0.4 is 15.8 Å². The summed E-state index contributed by atoms with van der Waals surface area (Å²) in [6.45, 7) is -0.0497. The maximum Gasteiger partial charge on any atom is 0.288 e. The van der Waals surface area contributed by atoms with Gasteiger partial charge in [0.25, 0.3) is 11.8 Å². The second kappa shape index (κ2) is 7.00. The number of hydrogen-bond acceptors (Lipinski definition) is 4. The fraction of sp³-hybridized carbons (Fsp3) is 0.250. The Morgan fingerprint density at radius 1 is 1.12 bits per heavy atom. The normalized spacial score (nSPS) is 19.2. The number of aliphatic imine (C=N–C) groups is 1. The molecule has 2 amide bonds. The standard InChI is InChI=1S/C20H20N4O2/c25-18-13-21-19(23-24(18)15-9-2-1-3-10-15)20(26)22-17-12-6-8-14-7-4-5-11-16(14)17/h1-5,7,9-11,17H,6,8,12-13H2,(H,21,23)(H,22,26). The van der Waals surface area contributed by atoms with E-state index in [1.807, 2.05) is 42.5 Å². The molecule has 132 valence electrons. The molecule has 0 aromatic heterocycles. The van der Waals surface area contributed by atoms with Gasteiger partial charge in [0, 0.05) is 0 Å². The van der Waals surface area contributed by atoms with Crippen LogP contribution in [-0.2, 0) is 16.0 Å². The summed E-state index contributed by atoms with van der Waals surface area (Å²) in [6.07, 6.45) is 2.98. The highest BCUT2D eigenvalue weighted by Crippen LogP contribution is 2.29. The molecule has 0 fully saturated rings. The van der Waals surface area contributed by atoms with Gasteiger partial charge in [0.1, 0.15) is 6.54 Å². The van der Waals surface area contributed by atoms with Crippen molar-refractivity contribution in [1.29, 1.82) is 0 Å². The zero-order chi connectivity index (χ0) is 17.9. The third kappa shape index (κ3) is 3.18. The third-order valence-corrected chi connectivity index (χ3v) is 4.74. The van der Waals surface area contributed by atoms with Crippen LogP contribution in [0.4, 0.5) is 5.69 Å². The summed E-state index contributed by atoms with van der Waals surface area (Å²) in [5.74, 6) is -0.326. The monoisotopic (exact) mass is 348 g/mol. The van der Waals surface area contributed by atoms with Gasteiger partial charge in [0.2, 0.25) is 5.84 Å². The van der Waals surface area contributed by atoms with Gasteiger partial charge in [-0.25, -0.2) is 5.01 Å². The number of anilines is 1. The number of fused-ring (bicyclic) bond motifs is 1. The number of benzene rings is 2. The molecule has 2 aromatic rings. The van der Waals surface area contributed by atoms with Gasteiger partial charge in [-0.15, -0.1) is 0 Å². The van der Waals surface area contributed by atoms with Crippen LogP contribution in [0.3, 0.4) is 0 Å². The first-order valence-corrected chi connectivity index (χ1v) is 8.80. The van der Waals surface area contributed by atoms with Crippen LogP contribution in [0.25, 0.3) is 0 Å². The number of rotatable bonds is 3. The molecule has 0 radical (unpaired) electrons. The molecular weight excluding hydrogens is 328 g/mol. The minimum absolute atomic E-state index is 0.0280. The molecule has 6 nitrogen and oxygen atoms in total. The summed E-state index contributed by atoms with van der Waals surface area (Å²) >= 11 is 0. The quantitative estimate of drug-likeness (QED) is 0.892. The number of hydrazine groups is 1. The molecule has 2 aromatic carbocycles. The van der Waals surface area contributed by atoms with Gasteiger partial charge in [0.15, 0.2) is 0 Å². The van der Waals surface area contributed by atoms with Gasteiger partial charge in [-0.2, -0.15) is 0 Å². The Kier molecular flexibility index (Phi) is 4.39. The molecule has 26 heavy (non-hydrogen) atoms. The van der Waals surface area contributed by atoms with Gasteiger partial charge in [-0.1, -0.05) is 42.5 Å². The van der Waals surface area contributed by atoms with E-state index in [2.05, 4.69) is 27.9 Å². The van der Waals surface area contributed by atoms with E-state index >= 15 is 0 Å². The van der Waals surface area contributed by atoms with E-state index in [0.717, 1.165) is 19.3 Å². The second-order valence-corrected chi connectivity index (χ2v) is 6.46. The predicted octanol–water partition coefficient (Wildman–Crippen LogP) is 2.13. The van der Waals surface area contributed by atoms with E-state index in [-0.39, 0.29) is 30.2 Å². The lowest BCUT2D eigenvalue weighted by molar-refractivity contribution is -0.118. The lowest BCUT2D eigenvalue weighted by Crippen LogP contribution is -2.56. The van der Waals surface area contributed by atoms with Crippen LogP contribution in [0.2, 0.25) is 0 Å². The van der Waals surface area contributed by atoms with Crippen molar-refractivity contribution in [3.63, 3.8) is 0 Å². The van der Waals surface area contributed by atoms with Gasteiger partial charge in [0.05, 0.1) is 11.7 Å². The van der Waals surface area contributed by atoms with E-state index in [0.29, 0.717) is 5.69 Å². The maximum atomic E-state index is 12.7. The molecule has 1 atom stereocenters. The van der Waals surface area contributed by atoms with Crippen LogP contribution in [0.1, 0.15) is 30.0 Å². The molecule has 1 aliphatic heterocycles. The average molecular weight is 348 g/mol. The molecule has 1 unspecified atom stereocenters. The first-order chi connectivity index (χ1) is 12.7. The summed E-state index contributed by atoms with van der Waals surface area (Å²) in [7, 11) is 0. The molecule has 2 N–H and O–H groups in total. The number of carbonyl (C=O) groups excluding carboxylic acids is 2. The molecular formula is C20H20N4O2. The Morgan fingerprint density at radius 2 is 1.88 bits per heavy atom. The Hall–Kier alpha value is -3.15. The van der Waals surface area contributed by atoms with Crippen LogP contribution in [0.15, 0.2) is 59.6 Å². The van der Waals surface area contributed by atoms with E-state index < -0.39 is 0 Å². The lowest BCUT2D eigenvalue weighted by Gasteiger charge is -2.30. The predicted molar refractivity (Wildman–Crippen MR) is 99.6 cm³/mol. The molecule has 2 aliphatic rings. The zero-order valence-corrected chi connectivity index (χ0v) is 14.3. The molecule has 0 saturated heterocycles. The molecule has 1 aliphatic carbocycles. The molecule has 0 saturated carbocycles. The largest absolute Gasteiger partial charge is 0.343 e. The van der Waals surface area contributed by atoms with Crippen LogP contribution >= 0.6 is 0 Å². The second-order valence-electron chi connectivity index (χ2n) is 6.46. The van der Waals surface area contributed by atoms with Crippen molar-refractivity contribution < 1.29 is 9.59 Å². The molecule has 6 heteroatoms. The van der Waals surface area contributed by atoms with E-state index in [9.17, 15) is 9.59 Å². The van der Waals surface area contributed by atoms with Gasteiger partial charge in [-0.05, 0) is 42.5 Å². The van der Waals surface area contributed by atoms with E-state index in [4.69, 9.17) is 0 Å². The summed E-state index contributed by atoms with van der Waals surface area (Å²) in [4.78, 5) is 29.0. The number of para-hydroxylation sites is 1. The fourth-order valence-electron chi connectivity index (χ4n) is 3.46. The topological polar surface area (TPSA) is 73.8 Å². The van der Waals surface area contributed by atoms with Crippen molar-refractivity contribution in [3.05, 3.63) is 65.7 Å². The SMILES string of the molecule is O=C(NC1CCCc2ccccc21)C1=NCC(=O)N(c2ccccc2)N1. The number of carbonyl (C=O) groups is 2. The number of aryl methyl sites for hydroxylation is 1. The fourth-order valence-corrected chi connectivity index (χ4v) is 3.46. The Labute approximate surface area is 151 Å². The highest BCUT2D eigenvalue weighted by Gasteiger charge is 2.28. The number of amidine groups is 1. The van der Waals surface area contributed by atoms with Gasteiger partial charge < -0.3 is 5.32 Å². The van der Waals surface area contributed by atoms with Crippen molar-refractivity contribution in [2.24, 2.45) is 4.99 Å². The summed E-state index contributed by atoms with van der Waals surface area (Å²) in [6, 6.07) is 17.3. The number of nitrogens with zero attached hydrogens (tertiary/aromatic N) is 2. The van der Waals surface area contributed by atoms with E-state index in [1.54, 1.807) is 0 Å². The maximum absolute atomic E-state index is 12.7. The van der Waals surface area contributed by atoms with E-state index in [1.165, 1.54) is 16.1 Å². The Morgan fingerprint density at radius 3 is 2.73 bits per heavy atom. The number of amides is 2. The van der Waals surface area contributed by atoms with Crippen LogP contribution in [0.5, 0.6) is 0 Å². The summed E-state index contributed by atoms with van der Waals surface area (Å²) in [5, 5.41) is 4.43. The van der Waals surface area contributed by atoms with Crippen LogP contribution in [-0.4, -0.2) is 24.2 Å². The highest BCUT2D eigenvalue weighted by atomic mass is 16.2. The lowest BCUT2D eigenvalue weighted by atomic mass is 9.88. The van der Waals surface area contributed by atoms with Crippen molar-refractivity contribution in [1.82, 2.24) is 10.7 Å². The number of nitrogens with one attached hydrogen (secondary N) is 2. The first kappa shape index (κ1) is 16.3. The van der Waals surface area contributed by atoms with Gasteiger partial charge >= 0.3 is 0 Å². The smallest absolute Gasteiger partial charge is 0.288 e. The van der Waals surface area contributed by atoms with Gasteiger partial charge in [-0.3, -0.25) is 20.0 Å². The Balaban J connectivity index is 1.50. The zero-order valence-electron chi connectivity index (χ0n) is 14.3. The van der Waals surface area contributed by atoms with Crippen molar-refractivity contribution in [2.75, 3.05) is 11.6 Å². The molecule has 0 bridgehead atoms. The molecule has 1 heterocycles. The minimum atomic E-state index is -0.292. The Bertz CT molecular complexity index is 863. The van der Waals surface area contributed by atoms with Crippen molar-refractivity contribution in [3.8, 4) is 0 Å². The minimum Gasteiger partial charge on any atom is -0.343 e. The van der Waals surface area contributed by atoms with Crippen molar-refractivity contribution in [2.45, 2.75) is 25.3 Å². The van der Waals surface area contributed by atoms with Crippen molar-refractivity contribution >= 4 is 23.3 Å². The summed E-state index contributed by atoms with van der Waals surface area (Å²) in [5.41, 5.74) is 5.98. The first-order valence-electron chi connectivity index (χ1n) is 8.80. The summed E-state index contributed by atoms with van der Waals surface area (Å²) < 4.78 is 0. The average Bonchev–Trinajstić information content (AvgIpc) is 2.69. The molecule has 0 spiro atoms. The van der Waals surface area contributed by atoms with Crippen LogP contribution in [0, 0.1) is 0 Å². The third-order valence-electron chi connectivity index (χ3n) is 4.74.